The van der Waals surface area contributed by atoms with Gasteiger partial charge in [0.05, 0.1) is 17.5 Å². The van der Waals surface area contributed by atoms with Gasteiger partial charge in [-0.3, -0.25) is 0 Å². The molecule has 11 heteroatoms. The maximum atomic E-state index is 11.8. The number of benzene rings is 1. The number of nitrogens with one attached hydrogen (secondary N) is 1. The first-order chi connectivity index (χ1) is 18.3. The summed E-state index contributed by atoms with van der Waals surface area (Å²) < 4.78 is 23.7. The summed E-state index contributed by atoms with van der Waals surface area (Å²) in [5, 5.41) is 26.0. The number of hydrogen-bond donors (Lipinski definition) is 3. The zero-order chi connectivity index (χ0) is 28.1. The van der Waals surface area contributed by atoms with Crippen molar-refractivity contribution in [3.63, 3.8) is 0 Å². The number of rotatable bonds is 7. The number of piperidine rings is 1. The van der Waals surface area contributed by atoms with Crippen LogP contribution in [0.15, 0.2) is 36.7 Å². The first-order valence-electron chi connectivity index (χ1n) is 13.4. The molecule has 0 bridgehead atoms. The van der Waals surface area contributed by atoms with Crippen molar-refractivity contribution in [1.29, 1.82) is 0 Å². The summed E-state index contributed by atoms with van der Waals surface area (Å²) in [4.78, 5) is 17.8. The number of fused-ring (bicyclic) bond motifs is 1. The standard InChI is InChI=1S/C28H38N6O4S/c1-17(2)20-6-7-23(34-14-19(18(34)3)16-39(5,37)38)22-13-30-26(12-21(20)22)31-25-8-10-29-27(32-25)33-11-9-28(4,36)24(35)15-33/h6-8,10,12-13,17-19,24,35-36H,9,11,14-16H2,1-5H3,(H,29,30,31,32)/t18-,19-,24-,28-/m1/s1. The Hall–Kier alpha value is -3.02. The van der Waals surface area contributed by atoms with E-state index in [0.717, 1.165) is 16.5 Å². The molecular formula is C28H38N6O4S. The highest BCUT2D eigenvalue weighted by Gasteiger charge is 2.39. The van der Waals surface area contributed by atoms with E-state index in [9.17, 15) is 18.6 Å². The molecule has 2 aromatic heterocycles. The van der Waals surface area contributed by atoms with E-state index in [1.807, 2.05) is 17.2 Å². The normalized spacial score (nSPS) is 25.7. The molecule has 1 aromatic carbocycles. The van der Waals surface area contributed by atoms with E-state index in [2.05, 4.69) is 53.1 Å². The van der Waals surface area contributed by atoms with Crippen LogP contribution in [0, 0.1) is 5.92 Å². The van der Waals surface area contributed by atoms with Crippen LogP contribution < -0.4 is 15.1 Å². The van der Waals surface area contributed by atoms with E-state index < -0.39 is 21.5 Å². The van der Waals surface area contributed by atoms with Gasteiger partial charge >= 0.3 is 0 Å². The van der Waals surface area contributed by atoms with Gasteiger partial charge in [0, 0.05) is 61.3 Å². The highest BCUT2D eigenvalue weighted by atomic mass is 32.2. The van der Waals surface area contributed by atoms with Gasteiger partial charge < -0.3 is 25.3 Å². The van der Waals surface area contributed by atoms with Gasteiger partial charge in [-0.1, -0.05) is 19.9 Å². The molecule has 0 spiro atoms. The molecule has 210 valence electrons. The molecule has 3 aromatic rings. The molecule has 4 atom stereocenters. The molecule has 0 saturated carbocycles. The highest BCUT2D eigenvalue weighted by molar-refractivity contribution is 7.90. The third-order valence-corrected chi connectivity index (χ3v) is 9.18. The van der Waals surface area contributed by atoms with E-state index in [1.165, 1.54) is 11.8 Å². The minimum Gasteiger partial charge on any atom is -0.388 e. The van der Waals surface area contributed by atoms with E-state index >= 15 is 0 Å². The van der Waals surface area contributed by atoms with Gasteiger partial charge in [0.15, 0.2) is 0 Å². The zero-order valence-corrected chi connectivity index (χ0v) is 24.0. The second-order valence-electron chi connectivity index (χ2n) is 11.6. The molecular weight excluding hydrogens is 516 g/mol. The van der Waals surface area contributed by atoms with Crippen molar-refractivity contribution in [2.75, 3.05) is 46.8 Å². The van der Waals surface area contributed by atoms with Crippen LogP contribution in [0.5, 0.6) is 0 Å². The van der Waals surface area contributed by atoms with Crippen LogP contribution in [-0.4, -0.2) is 83.0 Å². The third-order valence-electron chi connectivity index (χ3n) is 8.15. The number of sulfone groups is 1. The lowest BCUT2D eigenvalue weighted by atomic mass is 9.88. The molecule has 2 fully saturated rings. The van der Waals surface area contributed by atoms with Crippen molar-refractivity contribution in [2.24, 2.45) is 5.92 Å². The van der Waals surface area contributed by atoms with E-state index in [1.54, 1.807) is 19.2 Å². The Balaban J connectivity index is 1.40. The minimum absolute atomic E-state index is 0.118. The number of aromatic nitrogens is 3. The van der Waals surface area contributed by atoms with Crippen molar-refractivity contribution in [3.05, 3.63) is 42.2 Å². The lowest BCUT2D eigenvalue weighted by Gasteiger charge is -2.48. The molecule has 0 unspecified atom stereocenters. The predicted molar refractivity (Wildman–Crippen MR) is 155 cm³/mol. The van der Waals surface area contributed by atoms with Gasteiger partial charge in [-0.15, -0.1) is 0 Å². The Kier molecular flexibility index (Phi) is 7.19. The second-order valence-corrected chi connectivity index (χ2v) is 13.8. The van der Waals surface area contributed by atoms with Crippen molar-refractivity contribution in [1.82, 2.24) is 15.0 Å². The van der Waals surface area contributed by atoms with E-state index in [4.69, 9.17) is 4.98 Å². The Bertz CT molecular complexity index is 1480. The first kappa shape index (κ1) is 27.5. The molecule has 4 heterocycles. The third kappa shape index (κ3) is 5.66. The van der Waals surface area contributed by atoms with Crippen LogP contribution in [0.4, 0.5) is 23.3 Å². The molecule has 0 radical (unpaired) electrons. The summed E-state index contributed by atoms with van der Waals surface area (Å²) in [6, 6.07) is 8.22. The number of hydrogen-bond acceptors (Lipinski definition) is 10. The fraction of sp³-hybridized carbons (Fsp3) is 0.536. The Morgan fingerprint density at radius 3 is 2.59 bits per heavy atom. The Labute approximate surface area is 230 Å². The van der Waals surface area contributed by atoms with Crippen molar-refractivity contribution in [2.45, 2.75) is 57.8 Å². The minimum atomic E-state index is -3.02. The monoisotopic (exact) mass is 554 g/mol. The number of anilines is 4. The average molecular weight is 555 g/mol. The Morgan fingerprint density at radius 1 is 1.15 bits per heavy atom. The van der Waals surface area contributed by atoms with Gasteiger partial charge in [0.1, 0.15) is 21.5 Å². The van der Waals surface area contributed by atoms with Gasteiger partial charge in [0.2, 0.25) is 5.95 Å². The summed E-state index contributed by atoms with van der Waals surface area (Å²) in [5.41, 5.74) is 1.16. The topological polar surface area (TPSA) is 132 Å². The van der Waals surface area contributed by atoms with Gasteiger partial charge in [-0.05, 0) is 55.3 Å². The highest BCUT2D eigenvalue weighted by Crippen LogP contribution is 2.39. The number of aliphatic hydroxyl groups excluding tert-OH is 1. The first-order valence-corrected chi connectivity index (χ1v) is 15.5. The van der Waals surface area contributed by atoms with Crippen LogP contribution in [0.1, 0.15) is 45.6 Å². The zero-order valence-electron chi connectivity index (χ0n) is 23.2. The smallest absolute Gasteiger partial charge is 0.227 e. The summed E-state index contributed by atoms with van der Waals surface area (Å²) in [7, 11) is -3.02. The van der Waals surface area contributed by atoms with Crippen LogP contribution >= 0.6 is 0 Å². The SMILES string of the molecule is CC(C)c1ccc(N2C[C@H](CS(C)(=O)=O)[C@H]2C)c2cnc(Nc3ccnc(N4CC[C@@](C)(O)[C@H](O)C4)n3)cc12. The maximum absolute atomic E-state index is 11.8. The molecule has 2 aliphatic rings. The van der Waals surface area contributed by atoms with Gasteiger partial charge in [-0.2, -0.15) is 4.98 Å². The van der Waals surface area contributed by atoms with Gasteiger partial charge in [-0.25, -0.2) is 18.4 Å². The molecule has 0 aliphatic carbocycles. The van der Waals surface area contributed by atoms with Crippen LogP contribution in [0.3, 0.4) is 0 Å². The molecule has 2 saturated heterocycles. The molecule has 3 N–H and O–H groups in total. The molecule has 10 nitrogen and oxygen atoms in total. The van der Waals surface area contributed by atoms with E-state index in [-0.39, 0.29) is 24.3 Å². The van der Waals surface area contributed by atoms with Crippen molar-refractivity contribution in [3.8, 4) is 0 Å². The lowest BCUT2D eigenvalue weighted by Crippen LogP contribution is -2.57. The number of aliphatic hydroxyl groups is 2. The summed E-state index contributed by atoms with van der Waals surface area (Å²) in [6.45, 7) is 9.56. The Morgan fingerprint density at radius 2 is 1.92 bits per heavy atom. The molecule has 2 aliphatic heterocycles. The largest absolute Gasteiger partial charge is 0.388 e. The lowest BCUT2D eigenvalue weighted by molar-refractivity contribution is -0.0724. The van der Waals surface area contributed by atoms with Crippen LogP contribution in [0.25, 0.3) is 10.8 Å². The number of nitrogens with zero attached hydrogens (tertiary/aromatic N) is 5. The van der Waals surface area contributed by atoms with Crippen LogP contribution in [-0.2, 0) is 9.84 Å². The summed E-state index contributed by atoms with van der Waals surface area (Å²) in [5.74, 6) is 2.34. The second kappa shape index (κ2) is 10.2. The summed E-state index contributed by atoms with van der Waals surface area (Å²) >= 11 is 0. The molecule has 5 rings (SSSR count). The summed E-state index contributed by atoms with van der Waals surface area (Å²) in [6.07, 6.45) is 4.38. The quantitative estimate of drug-likeness (QED) is 0.400. The van der Waals surface area contributed by atoms with Crippen LogP contribution in [0.2, 0.25) is 0 Å². The van der Waals surface area contributed by atoms with Crippen molar-refractivity contribution >= 4 is 43.9 Å². The maximum Gasteiger partial charge on any atom is 0.227 e. The number of pyridine rings is 1. The van der Waals surface area contributed by atoms with E-state index in [0.29, 0.717) is 43.0 Å². The fourth-order valence-corrected chi connectivity index (χ4v) is 6.72. The molecule has 0 amide bonds. The number of β-amino-alcohol motifs (C(OH)–C–C–N with tert-alkyl or cyclic N) is 1. The van der Waals surface area contributed by atoms with Gasteiger partial charge in [0.25, 0.3) is 0 Å². The average Bonchev–Trinajstić information content (AvgIpc) is 2.86. The van der Waals surface area contributed by atoms with Crippen molar-refractivity contribution < 1.29 is 18.6 Å². The fourth-order valence-electron chi connectivity index (χ4n) is 5.56. The molecule has 39 heavy (non-hydrogen) atoms. The predicted octanol–water partition coefficient (Wildman–Crippen LogP) is 3.08.